The SMILES string of the molecule is O=C(NC1CCCC1)c1cnc(Cl)c2ccccc12. The molecule has 1 N–H and O–H groups in total. The molecule has 3 rings (SSSR count). The minimum absolute atomic E-state index is 0.0488. The molecule has 1 amide bonds. The maximum Gasteiger partial charge on any atom is 0.253 e. The third kappa shape index (κ3) is 2.43. The van der Waals surface area contributed by atoms with E-state index in [0.717, 1.165) is 23.6 Å². The van der Waals surface area contributed by atoms with Crippen molar-refractivity contribution in [1.29, 1.82) is 0 Å². The molecule has 1 aliphatic carbocycles. The maximum atomic E-state index is 12.3. The molecule has 0 bridgehead atoms. The predicted octanol–water partition coefficient (Wildman–Crippen LogP) is 3.56. The van der Waals surface area contributed by atoms with Crippen LogP contribution in [0.25, 0.3) is 10.8 Å². The number of carbonyl (C=O) groups excluding carboxylic acids is 1. The molecule has 0 aliphatic heterocycles. The molecule has 1 fully saturated rings. The highest BCUT2D eigenvalue weighted by Gasteiger charge is 2.19. The molecule has 3 nitrogen and oxygen atoms in total. The number of nitrogens with zero attached hydrogens (tertiary/aromatic N) is 1. The molecule has 19 heavy (non-hydrogen) atoms. The van der Waals surface area contributed by atoms with Gasteiger partial charge in [0.05, 0.1) is 5.56 Å². The predicted molar refractivity (Wildman–Crippen MR) is 76.5 cm³/mol. The Morgan fingerprint density at radius 1 is 1.21 bits per heavy atom. The minimum atomic E-state index is -0.0488. The van der Waals surface area contributed by atoms with E-state index in [1.165, 1.54) is 12.8 Å². The Kier molecular flexibility index (Phi) is 3.38. The Bertz CT molecular complexity index is 621. The highest BCUT2D eigenvalue weighted by molar-refractivity contribution is 6.34. The lowest BCUT2D eigenvalue weighted by Gasteiger charge is -2.13. The van der Waals surface area contributed by atoms with Gasteiger partial charge in [0.15, 0.2) is 0 Å². The zero-order valence-electron chi connectivity index (χ0n) is 10.5. The smallest absolute Gasteiger partial charge is 0.253 e. The van der Waals surface area contributed by atoms with Gasteiger partial charge in [0.2, 0.25) is 0 Å². The summed E-state index contributed by atoms with van der Waals surface area (Å²) in [6, 6.07) is 7.91. The lowest BCUT2D eigenvalue weighted by Crippen LogP contribution is -2.32. The van der Waals surface area contributed by atoms with Crippen LogP contribution in [0.2, 0.25) is 5.15 Å². The normalized spacial score (nSPS) is 15.8. The van der Waals surface area contributed by atoms with Gasteiger partial charge in [0, 0.05) is 17.6 Å². The van der Waals surface area contributed by atoms with Crippen LogP contribution < -0.4 is 5.32 Å². The van der Waals surface area contributed by atoms with E-state index in [-0.39, 0.29) is 5.91 Å². The monoisotopic (exact) mass is 274 g/mol. The van der Waals surface area contributed by atoms with Crippen LogP contribution in [0.5, 0.6) is 0 Å². The standard InChI is InChI=1S/C15H15ClN2O/c16-14-12-8-4-3-7-11(12)13(9-17-14)15(19)18-10-5-1-2-6-10/h3-4,7-10H,1-2,5-6H2,(H,18,19). The van der Waals surface area contributed by atoms with Gasteiger partial charge in [-0.05, 0) is 18.2 Å². The number of hydrogen-bond acceptors (Lipinski definition) is 2. The molecule has 0 spiro atoms. The van der Waals surface area contributed by atoms with Crippen molar-refractivity contribution in [3.05, 3.63) is 41.2 Å². The van der Waals surface area contributed by atoms with Gasteiger partial charge >= 0.3 is 0 Å². The van der Waals surface area contributed by atoms with Crippen molar-refractivity contribution < 1.29 is 4.79 Å². The van der Waals surface area contributed by atoms with Gasteiger partial charge in [-0.2, -0.15) is 0 Å². The molecule has 1 aromatic carbocycles. The largest absolute Gasteiger partial charge is 0.349 e. The van der Waals surface area contributed by atoms with Crippen LogP contribution in [-0.4, -0.2) is 16.9 Å². The summed E-state index contributed by atoms with van der Waals surface area (Å²) >= 11 is 6.06. The van der Waals surface area contributed by atoms with E-state index in [1.807, 2.05) is 24.3 Å². The first-order chi connectivity index (χ1) is 9.25. The molecule has 1 saturated carbocycles. The van der Waals surface area contributed by atoms with Crippen molar-refractivity contribution in [2.24, 2.45) is 0 Å². The second-order valence-electron chi connectivity index (χ2n) is 4.96. The van der Waals surface area contributed by atoms with Crippen LogP contribution in [0.15, 0.2) is 30.5 Å². The van der Waals surface area contributed by atoms with Gasteiger partial charge in [0.1, 0.15) is 5.15 Å². The van der Waals surface area contributed by atoms with Crippen LogP contribution in [0.4, 0.5) is 0 Å². The zero-order chi connectivity index (χ0) is 13.2. The van der Waals surface area contributed by atoms with Crippen molar-refractivity contribution in [3.63, 3.8) is 0 Å². The van der Waals surface area contributed by atoms with Crippen LogP contribution in [0, 0.1) is 0 Å². The number of nitrogens with one attached hydrogen (secondary N) is 1. The lowest BCUT2D eigenvalue weighted by molar-refractivity contribution is 0.0939. The van der Waals surface area contributed by atoms with Crippen molar-refractivity contribution in [2.75, 3.05) is 0 Å². The number of amides is 1. The van der Waals surface area contributed by atoms with E-state index in [1.54, 1.807) is 6.20 Å². The topological polar surface area (TPSA) is 42.0 Å². The number of benzene rings is 1. The fraction of sp³-hybridized carbons (Fsp3) is 0.333. The average Bonchev–Trinajstić information content (AvgIpc) is 2.92. The Hall–Kier alpha value is -1.61. The van der Waals surface area contributed by atoms with E-state index in [9.17, 15) is 4.79 Å². The van der Waals surface area contributed by atoms with E-state index < -0.39 is 0 Å². The van der Waals surface area contributed by atoms with Crippen molar-refractivity contribution >= 4 is 28.3 Å². The van der Waals surface area contributed by atoms with Crippen molar-refractivity contribution in [2.45, 2.75) is 31.7 Å². The fourth-order valence-electron chi connectivity index (χ4n) is 2.67. The second kappa shape index (κ2) is 5.17. The van der Waals surface area contributed by atoms with E-state index in [0.29, 0.717) is 16.8 Å². The number of halogens is 1. The number of aromatic nitrogens is 1. The first-order valence-electron chi connectivity index (χ1n) is 6.60. The van der Waals surface area contributed by atoms with Crippen LogP contribution in [0.3, 0.4) is 0 Å². The number of fused-ring (bicyclic) bond motifs is 1. The third-order valence-corrected chi connectivity index (χ3v) is 3.98. The summed E-state index contributed by atoms with van der Waals surface area (Å²) in [5.41, 5.74) is 0.604. The van der Waals surface area contributed by atoms with Gasteiger partial charge in [-0.1, -0.05) is 48.7 Å². The number of hydrogen-bond donors (Lipinski definition) is 1. The number of pyridine rings is 1. The van der Waals surface area contributed by atoms with E-state index in [4.69, 9.17) is 11.6 Å². The van der Waals surface area contributed by atoms with Gasteiger partial charge in [-0.25, -0.2) is 4.98 Å². The molecule has 0 atom stereocenters. The quantitative estimate of drug-likeness (QED) is 0.851. The number of carbonyl (C=O) groups is 1. The first-order valence-corrected chi connectivity index (χ1v) is 6.97. The van der Waals surface area contributed by atoms with Crippen LogP contribution in [0.1, 0.15) is 36.0 Å². The molecule has 1 aliphatic rings. The first kappa shape index (κ1) is 12.4. The molecule has 0 saturated heterocycles. The molecule has 4 heteroatoms. The molecule has 98 valence electrons. The summed E-state index contributed by atoms with van der Waals surface area (Å²) in [6.45, 7) is 0. The fourth-order valence-corrected chi connectivity index (χ4v) is 2.89. The summed E-state index contributed by atoms with van der Waals surface area (Å²) in [5.74, 6) is -0.0488. The Morgan fingerprint density at radius 2 is 1.89 bits per heavy atom. The summed E-state index contributed by atoms with van der Waals surface area (Å²) in [4.78, 5) is 16.4. The van der Waals surface area contributed by atoms with Gasteiger partial charge in [-0.15, -0.1) is 0 Å². The highest BCUT2D eigenvalue weighted by atomic mass is 35.5. The molecule has 0 radical (unpaired) electrons. The maximum absolute atomic E-state index is 12.3. The van der Waals surface area contributed by atoms with Crippen molar-refractivity contribution in [1.82, 2.24) is 10.3 Å². The summed E-state index contributed by atoms with van der Waals surface area (Å²) in [7, 11) is 0. The Morgan fingerprint density at radius 3 is 2.63 bits per heavy atom. The summed E-state index contributed by atoms with van der Waals surface area (Å²) < 4.78 is 0. The average molecular weight is 275 g/mol. The molecular weight excluding hydrogens is 260 g/mol. The summed E-state index contributed by atoms with van der Waals surface area (Å²) in [5, 5.41) is 5.20. The molecule has 0 unspecified atom stereocenters. The molecular formula is C15H15ClN2O. The zero-order valence-corrected chi connectivity index (χ0v) is 11.3. The minimum Gasteiger partial charge on any atom is -0.349 e. The summed E-state index contributed by atoms with van der Waals surface area (Å²) in [6.07, 6.45) is 6.11. The molecule has 2 aromatic rings. The van der Waals surface area contributed by atoms with Gasteiger partial charge in [0.25, 0.3) is 5.91 Å². The lowest BCUT2D eigenvalue weighted by atomic mass is 10.1. The second-order valence-corrected chi connectivity index (χ2v) is 5.32. The van der Waals surface area contributed by atoms with E-state index >= 15 is 0 Å². The van der Waals surface area contributed by atoms with Crippen molar-refractivity contribution in [3.8, 4) is 0 Å². The van der Waals surface area contributed by atoms with Crippen LogP contribution in [-0.2, 0) is 0 Å². The molecule has 1 heterocycles. The molecule has 1 aromatic heterocycles. The van der Waals surface area contributed by atoms with Crippen LogP contribution >= 0.6 is 11.6 Å². The number of rotatable bonds is 2. The Labute approximate surface area is 117 Å². The van der Waals surface area contributed by atoms with E-state index in [2.05, 4.69) is 10.3 Å². The highest BCUT2D eigenvalue weighted by Crippen LogP contribution is 2.25. The Balaban J connectivity index is 1.95. The third-order valence-electron chi connectivity index (χ3n) is 3.68. The van der Waals surface area contributed by atoms with Gasteiger partial charge in [-0.3, -0.25) is 4.79 Å². The van der Waals surface area contributed by atoms with Gasteiger partial charge < -0.3 is 5.32 Å².